The highest BCUT2D eigenvalue weighted by molar-refractivity contribution is 6.33. The summed E-state index contributed by atoms with van der Waals surface area (Å²) in [6.45, 7) is 2.38. The van der Waals surface area contributed by atoms with Crippen LogP contribution in [0.4, 0.5) is 10.5 Å². The Hall–Kier alpha value is -3.31. The highest BCUT2D eigenvalue weighted by Crippen LogP contribution is 2.31. The number of carbonyl (C=O) groups excluding carboxylic acids is 1. The number of fused-ring (bicyclic) bond motifs is 1. The van der Waals surface area contributed by atoms with Gasteiger partial charge >= 0.3 is 6.03 Å². The molecule has 0 radical (unpaired) electrons. The van der Waals surface area contributed by atoms with Crippen molar-refractivity contribution in [3.05, 3.63) is 94.9 Å². The number of benzene rings is 2. The Bertz CT molecular complexity index is 1190. The first kappa shape index (κ1) is 20.0. The molecule has 0 unspecified atom stereocenters. The predicted octanol–water partition coefficient (Wildman–Crippen LogP) is 5.49. The minimum atomic E-state index is -0.296. The largest absolute Gasteiger partial charge is 0.350 e. The van der Waals surface area contributed by atoms with E-state index in [9.17, 15) is 4.79 Å². The number of rotatable bonds is 5. The van der Waals surface area contributed by atoms with Crippen LogP contribution < -0.4 is 10.6 Å². The number of pyridine rings is 1. The summed E-state index contributed by atoms with van der Waals surface area (Å²) >= 11 is 6.24. The van der Waals surface area contributed by atoms with E-state index in [-0.39, 0.29) is 11.9 Å². The van der Waals surface area contributed by atoms with Crippen LogP contribution in [0.5, 0.6) is 0 Å². The quantitative estimate of drug-likeness (QED) is 0.450. The Kier molecular flexibility index (Phi) is 5.72. The Morgan fingerprint density at radius 1 is 1.17 bits per heavy atom. The van der Waals surface area contributed by atoms with Crippen LogP contribution in [0.3, 0.4) is 0 Å². The molecule has 2 amide bonds. The maximum atomic E-state index is 12.6. The average Bonchev–Trinajstić information content (AvgIpc) is 3.08. The lowest BCUT2D eigenvalue weighted by Crippen LogP contribution is -2.32. The van der Waals surface area contributed by atoms with Crippen molar-refractivity contribution in [3.63, 3.8) is 0 Å². The third kappa shape index (κ3) is 4.16. The molecule has 0 saturated carbocycles. The molecule has 2 heterocycles. The minimum Gasteiger partial charge on any atom is -0.350 e. The van der Waals surface area contributed by atoms with E-state index >= 15 is 0 Å². The molecule has 0 saturated heterocycles. The highest BCUT2D eigenvalue weighted by Gasteiger charge is 2.20. The van der Waals surface area contributed by atoms with Gasteiger partial charge in [-0.1, -0.05) is 41.9 Å². The fraction of sp³-hybridized carbons (Fsp3) is 0.167. The van der Waals surface area contributed by atoms with Gasteiger partial charge in [-0.2, -0.15) is 0 Å². The van der Waals surface area contributed by atoms with Gasteiger partial charge in [0, 0.05) is 49.0 Å². The number of urea groups is 1. The number of nitrogens with one attached hydrogen (secondary N) is 2. The van der Waals surface area contributed by atoms with Crippen molar-refractivity contribution in [2.75, 3.05) is 11.9 Å². The number of aromatic nitrogens is 2. The van der Waals surface area contributed by atoms with Gasteiger partial charge in [0.05, 0.1) is 10.7 Å². The lowest BCUT2D eigenvalue weighted by Gasteiger charge is -2.18. The van der Waals surface area contributed by atoms with E-state index in [0.29, 0.717) is 17.3 Å². The van der Waals surface area contributed by atoms with Crippen LogP contribution in [-0.4, -0.2) is 22.1 Å². The van der Waals surface area contributed by atoms with Crippen molar-refractivity contribution in [1.82, 2.24) is 14.9 Å². The summed E-state index contributed by atoms with van der Waals surface area (Å²) in [5.41, 5.74) is 4.97. The molecule has 152 valence electrons. The zero-order chi connectivity index (χ0) is 21.1. The Morgan fingerprint density at radius 2 is 2.00 bits per heavy atom. The average molecular weight is 419 g/mol. The molecule has 0 spiro atoms. The molecule has 30 heavy (non-hydrogen) atoms. The molecule has 4 rings (SSSR count). The van der Waals surface area contributed by atoms with Gasteiger partial charge in [-0.15, -0.1) is 0 Å². The first-order valence-electron chi connectivity index (χ1n) is 9.78. The van der Waals surface area contributed by atoms with Crippen LogP contribution in [-0.2, 0) is 7.05 Å². The van der Waals surface area contributed by atoms with E-state index in [4.69, 9.17) is 11.6 Å². The molecule has 2 aromatic carbocycles. The second-order valence-corrected chi connectivity index (χ2v) is 7.78. The molecule has 4 aromatic rings. The summed E-state index contributed by atoms with van der Waals surface area (Å²) in [6, 6.07) is 17.5. The van der Waals surface area contributed by atoms with Gasteiger partial charge in [0.1, 0.15) is 0 Å². The summed E-state index contributed by atoms with van der Waals surface area (Å²) < 4.78 is 2.11. The third-order valence-corrected chi connectivity index (χ3v) is 5.54. The lowest BCUT2D eigenvalue weighted by atomic mass is 9.92. The van der Waals surface area contributed by atoms with E-state index in [1.54, 1.807) is 12.3 Å². The van der Waals surface area contributed by atoms with Crippen molar-refractivity contribution < 1.29 is 4.79 Å². The van der Waals surface area contributed by atoms with Crippen LogP contribution in [0.15, 0.2) is 73.2 Å². The fourth-order valence-electron chi connectivity index (χ4n) is 3.72. The normalized spacial score (nSPS) is 12.0. The maximum Gasteiger partial charge on any atom is 0.319 e. The first-order chi connectivity index (χ1) is 14.5. The second kappa shape index (κ2) is 8.59. The van der Waals surface area contributed by atoms with Crippen molar-refractivity contribution in [2.24, 2.45) is 7.05 Å². The van der Waals surface area contributed by atoms with Crippen molar-refractivity contribution >= 4 is 34.2 Å². The standard InChI is InChI=1S/C24H23ClN4O/c1-16-9-10-22(21(25)12-16)28-24(30)27-14-19(17-6-5-11-26-13-17)20-15-29(2)23-8-4-3-7-18(20)23/h3-13,15,19H,14H2,1-2H3,(H2,27,28,30)/t19-/m1/s1. The molecule has 0 fully saturated rings. The van der Waals surface area contributed by atoms with Crippen molar-refractivity contribution in [3.8, 4) is 0 Å². The smallest absolute Gasteiger partial charge is 0.319 e. The molecule has 1 atom stereocenters. The van der Waals surface area contributed by atoms with Crippen molar-refractivity contribution in [1.29, 1.82) is 0 Å². The molecule has 6 heteroatoms. The number of aryl methyl sites for hydroxylation is 2. The van der Waals surface area contributed by atoms with Gasteiger partial charge < -0.3 is 15.2 Å². The summed E-state index contributed by atoms with van der Waals surface area (Å²) in [6.07, 6.45) is 5.73. The van der Waals surface area contributed by atoms with Crippen LogP contribution in [0.1, 0.15) is 22.6 Å². The van der Waals surface area contributed by atoms with Crippen LogP contribution >= 0.6 is 11.6 Å². The van der Waals surface area contributed by atoms with Crippen LogP contribution in [0.2, 0.25) is 5.02 Å². The van der Waals surface area contributed by atoms with Gasteiger partial charge in [0.15, 0.2) is 0 Å². The SMILES string of the molecule is Cc1ccc(NC(=O)NC[C@H](c2cccnc2)c2cn(C)c3ccccc23)c(Cl)c1. The zero-order valence-corrected chi connectivity index (χ0v) is 17.6. The number of hydrogen-bond acceptors (Lipinski definition) is 2. The van der Waals surface area contributed by atoms with Gasteiger partial charge in [0.2, 0.25) is 0 Å². The van der Waals surface area contributed by atoms with Crippen molar-refractivity contribution in [2.45, 2.75) is 12.8 Å². The number of nitrogens with zero attached hydrogens (tertiary/aromatic N) is 2. The number of anilines is 1. The number of amides is 2. The fourth-order valence-corrected chi connectivity index (χ4v) is 4.01. The van der Waals surface area contributed by atoms with Crippen LogP contribution in [0.25, 0.3) is 10.9 Å². The highest BCUT2D eigenvalue weighted by atomic mass is 35.5. The summed E-state index contributed by atoms with van der Waals surface area (Å²) in [7, 11) is 2.03. The Balaban J connectivity index is 1.59. The molecule has 0 aliphatic carbocycles. The topological polar surface area (TPSA) is 59.0 Å². The predicted molar refractivity (Wildman–Crippen MR) is 122 cm³/mol. The second-order valence-electron chi connectivity index (χ2n) is 7.37. The molecular formula is C24H23ClN4O. The third-order valence-electron chi connectivity index (χ3n) is 5.23. The number of para-hydroxylation sites is 1. The van der Waals surface area contributed by atoms with Crippen LogP contribution in [0, 0.1) is 6.92 Å². The number of halogens is 1. The monoisotopic (exact) mass is 418 g/mol. The molecule has 2 N–H and O–H groups in total. The van der Waals surface area contributed by atoms with E-state index in [1.165, 1.54) is 0 Å². The zero-order valence-electron chi connectivity index (χ0n) is 16.9. The summed E-state index contributed by atoms with van der Waals surface area (Å²) in [4.78, 5) is 16.9. The lowest BCUT2D eigenvalue weighted by molar-refractivity contribution is 0.252. The van der Waals surface area contributed by atoms with E-state index < -0.39 is 0 Å². The Morgan fingerprint density at radius 3 is 2.77 bits per heavy atom. The molecule has 2 aromatic heterocycles. The Labute approximate surface area is 180 Å². The van der Waals surface area contributed by atoms with E-state index in [1.807, 2.05) is 56.6 Å². The summed E-state index contributed by atoms with van der Waals surface area (Å²) in [5, 5.41) is 7.51. The van der Waals surface area contributed by atoms with E-state index in [0.717, 1.165) is 27.6 Å². The van der Waals surface area contributed by atoms with Gasteiger partial charge in [-0.25, -0.2) is 4.79 Å². The molecule has 0 bridgehead atoms. The summed E-state index contributed by atoms with van der Waals surface area (Å²) in [5.74, 6) is -0.0379. The molecule has 5 nitrogen and oxygen atoms in total. The van der Waals surface area contributed by atoms with E-state index in [2.05, 4.69) is 38.5 Å². The van der Waals surface area contributed by atoms with Gasteiger partial charge in [0.25, 0.3) is 0 Å². The molecular weight excluding hydrogens is 396 g/mol. The molecule has 0 aliphatic rings. The van der Waals surface area contributed by atoms with Gasteiger partial charge in [-0.3, -0.25) is 4.98 Å². The number of carbonyl (C=O) groups is 1. The van der Waals surface area contributed by atoms with Gasteiger partial charge in [-0.05, 0) is 47.9 Å². The maximum absolute atomic E-state index is 12.6. The minimum absolute atomic E-state index is 0.0379. The molecule has 0 aliphatic heterocycles. The number of hydrogen-bond donors (Lipinski definition) is 2. The first-order valence-corrected chi connectivity index (χ1v) is 10.2.